The van der Waals surface area contributed by atoms with Crippen molar-refractivity contribution in [2.45, 2.75) is 32.8 Å². The van der Waals surface area contributed by atoms with Gasteiger partial charge in [-0.05, 0) is 23.5 Å². The highest BCUT2D eigenvalue weighted by Gasteiger charge is 2.18. The van der Waals surface area contributed by atoms with E-state index in [9.17, 15) is 9.90 Å². The fourth-order valence-electron chi connectivity index (χ4n) is 1.67. The van der Waals surface area contributed by atoms with Crippen LogP contribution in [0.3, 0.4) is 0 Å². The molecular weight excluding hydrogens is 204 g/mol. The van der Waals surface area contributed by atoms with Gasteiger partial charge in [-0.1, -0.05) is 38.1 Å². The lowest BCUT2D eigenvalue weighted by atomic mass is 9.94. The maximum Gasteiger partial charge on any atom is 0.303 e. The van der Waals surface area contributed by atoms with Gasteiger partial charge >= 0.3 is 5.97 Å². The molecule has 2 N–H and O–H groups in total. The predicted octanol–water partition coefficient (Wildman–Crippen LogP) is 2.39. The first-order valence-electron chi connectivity index (χ1n) is 5.53. The van der Waals surface area contributed by atoms with Crippen LogP contribution in [-0.2, 0) is 11.2 Å². The Labute approximate surface area is 95.7 Å². The second-order valence-corrected chi connectivity index (χ2v) is 4.12. The number of aliphatic carboxylic acids is 1. The molecule has 2 atom stereocenters. The second kappa shape index (κ2) is 5.66. The minimum atomic E-state index is -0.878. The Kier molecular flexibility index (Phi) is 4.50. The van der Waals surface area contributed by atoms with Crippen LogP contribution in [0, 0.1) is 5.92 Å². The van der Waals surface area contributed by atoms with Crippen LogP contribution in [0.2, 0.25) is 0 Å². The number of hydrogen-bond donors (Lipinski definition) is 2. The second-order valence-electron chi connectivity index (χ2n) is 4.12. The summed E-state index contributed by atoms with van der Waals surface area (Å²) in [7, 11) is 0. The van der Waals surface area contributed by atoms with E-state index in [-0.39, 0.29) is 12.3 Å². The standard InChI is InChI=1S/C13H18O3/c1-3-10-4-6-11(7-5-10)13(16)9(2)8-12(14)15/h4-7,9,13,16H,3,8H2,1-2H3,(H,14,15). The fourth-order valence-corrected chi connectivity index (χ4v) is 1.67. The van der Waals surface area contributed by atoms with Crippen LogP contribution in [0.25, 0.3) is 0 Å². The molecule has 1 aromatic rings. The van der Waals surface area contributed by atoms with E-state index in [2.05, 4.69) is 6.92 Å². The van der Waals surface area contributed by atoms with E-state index in [0.29, 0.717) is 0 Å². The molecule has 0 radical (unpaired) electrons. The van der Waals surface area contributed by atoms with Crippen molar-refractivity contribution in [1.29, 1.82) is 0 Å². The summed E-state index contributed by atoms with van der Waals surface area (Å²) in [6.07, 6.45) is 0.236. The zero-order valence-electron chi connectivity index (χ0n) is 9.68. The van der Waals surface area contributed by atoms with Gasteiger partial charge in [-0.15, -0.1) is 0 Å². The molecule has 3 nitrogen and oxygen atoms in total. The Hall–Kier alpha value is -1.35. The minimum absolute atomic E-state index is 0.0172. The molecule has 3 heteroatoms. The molecule has 0 saturated heterocycles. The molecule has 0 aromatic heterocycles. The summed E-state index contributed by atoms with van der Waals surface area (Å²) < 4.78 is 0. The Morgan fingerprint density at radius 1 is 1.31 bits per heavy atom. The average Bonchev–Trinajstić information content (AvgIpc) is 2.27. The minimum Gasteiger partial charge on any atom is -0.481 e. The third-order valence-corrected chi connectivity index (χ3v) is 2.77. The van der Waals surface area contributed by atoms with Gasteiger partial charge in [-0.3, -0.25) is 4.79 Å². The van der Waals surface area contributed by atoms with Crippen molar-refractivity contribution in [2.75, 3.05) is 0 Å². The highest BCUT2D eigenvalue weighted by atomic mass is 16.4. The third-order valence-electron chi connectivity index (χ3n) is 2.77. The van der Waals surface area contributed by atoms with Gasteiger partial charge < -0.3 is 10.2 Å². The number of aliphatic hydroxyl groups excluding tert-OH is 1. The van der Waals surface area contributed by atoms with E-state index >= 15 is 0 Å². The van der Waals surface area contributed by atoms with Crippen LogP contribution < -0.4 is 0 Å². The molecule has 0 aliphatic heterocycles. The lowest BCUT2D eigenvalue weighted by Gasteiger charge is -2.17. The van der Waals surface area contributed by atoms with E-state index < -0.39 is 12.1 Å². The Balaban J connectivity index is 2.71. The van der Waals surface area contributed by atoms with Crippen LogP contribution >= 0.6 is 0 Å². The zero-order valence-corrected chi connectivity index (χ0v) is 9.68. The molecule has 0 amide bonds. The molecule has 0 bridgehead atoms. The van der Waals surface area contributed by atoms with Crippen LogP contribution in [0.4, 0.5) is 0 Å². The Morgan fingerprint density at radius 3 is 2.31 bits per heavy atom. The van der Waals surface area contributed by atoms with Gasteiger partial charge in [0.05, 0.1) is 12.5 Å². The van der Waals surface area contributed by atoms with Crippen molar-refractivity contribution in [3.8, 4) is 0 Å². The van der Waals surface area contributed by atoms with Crippen molar-refractivity contribution in [1.82, 2.24) is 0 Å². The van der Waals surface area contributed by atoms with Crippen LogP contribution in [0.15, 0.2) is 24.3 Å². The molecule has 0 fully saturated rings. The van der Waals surface area contributed by atoms with E-state index in [1.54, 1.807) is 6.92 Å². The lowest BCUT2D eigenvalue weighted by molar-refractivity contribution is -0.139. The monoisotopic (exact) mass is 222 g/mol. The quantitative estimate of drug-likeness (QED) is 0.804. The largest absolute Gasteiger partial charge is 0.481 e. The molecule has 0 spiro atoms. The van der Waals surface area contributed by atoms with Gasteiger partial charge in [0.15, 0.2) is 0 Å². The van der Waals surface area contributed by atoms with Gasteiger partial charge in [0.1, 0.15) is 0 Å². The normalized spacial score (nSPS) is 14.4. The summed E-state index contributed by atoms with van der Waals surface area (Å²) in [6, 6.07) is 7.65. The van der Waals surface area contributed by atoms with Gasteiger partial charge in [0.25, 0.3) is 0 Å². The molecular formula is C13H18O3. The predicted molar refractivity (Wildman–Crippen MR) is 62.2 cm³/mol. The summed E-state index contributed by atoms with van der Waals surface area (Å²) in [5.41, 5.74) is 1.99. The van der Waals surface area contributed by atoms with E-state index in [4.69, 9.17) is 5.11 Å². The molecule has 0 heterocycles. The number of carboxylic acids is 1. The smallest absolute Gasteiger partial charge is 0.303 e. The first-order valence-corrected chi connectivity index (χ1v) is 5.53. The molecule has 0 aliphatic rings. The average molecular weight is 222 g/mol. The van der Waals surface area contributed by atoms with Crippen molar-refractivity contribution in [2.24, 2.45) is 5.92 Å². The Morgan fingerprint density at radius 2 is 1.88 bits per heavy atom. The van der Waals surface area contributed by atoms with Gasteiger partial charge in [0, 0.05) is 0 Å². The van der Waals surface area contributed by atoms with E-state index in [1.165, 1.54) is 5.56 Å². The van der Waals surface area contributed by atoms with Crippen molar-refractivity contribution >= 4 is 5.97 Å². The van der Waals surface area contributed by atoms with E-state index in [1.807, 2.05) is 24.3 Å². The maximum absolute atomic E-state index is 10.5. The zero-order chi connectivity index (χ0) is 12.1. The Bertz CT molecular complexity index is 343. The molecule has 0 aliphatic carbocycles. The van der Waals surface area contributed by atoms with Crippen molar-refractivity contribution in [3.63, 3.8) is 0 Å². The molecule has 88 valence electrons. The lowest BCUT2D eigenvalue weighted by Crippen LogP contribution is -2.13. The first-order chi connectivity index (χ1) is 7.54. The van der Waals surface area contributed by atoms with Gasteiger partial charge in [-0.2, -0.15) is 0 Å². The van der Waals surface area contributed by atoms with E-state index in [0.717, 1.165) is 12.0 Å². The summed E-state index contributed by atoms with van der Waals surface area (Å²) in [5, 5.41) is 18.6. The molecule has 2 unspecified atom stereocenters. The van der Waals surface area contributed by atoms with Crippen LogP contribution in [-0.4, -0.2) is 16.2 Å². The number of aliphatic hydroxyl groups is 1. The van der Waals surface area contributed by atoms with Crippen molar-refractivity contribution < 1.29 is 15.0 Å². The van der Waals surface area contributed by atoms with Gasteiger partial charge in [0.2, 0.25) is 0 Å². The number of aryl methyl sites for hydroxylation is 1. The SMILES string of the molecule is CCc1ccc(C(O)C(C)CC(=O)O)cc1. The fraction of sp³-hybridized carbons (Fsp3) is 0.462. The van der Waals surface area contributed by atoms with Crippen LogP contribution in [0.1, 0.15) is 37.5 Å². The highest BCUT2D eigenvalue weighted by Crippen LogP contribution is 2.24. The summed E-state index contributed by atoms with van der Waals surface area (Å²) >= 11 is 0. The van der Waals surface area contributed by atoms with Crippen molar-refractivity contribution in [3.05, 3.63) is 35.4 Å². The summed E-state index contributed by atoms with van der Waals surface area (Å²) in [4.78, 5) is 10.5. The number of hydrogen-bond acceptors (Lipinski definition) is 2. The maximum atomic E-state index is 10.5. The number of benzene rings is 1. The first kappa shape index (κ1) is 12.7. The summed E-state index contributed by atoms with van der Waals surface area (Å²) in [6.45, 7) is 3.81. The number of carbonyl (C=O) groups is 1. The van der Waals surface area contributed by atoms with Crippen LogP contribution in [0.5, 0.6) is 0 Å². The number of rotatable bonds is 5. The topological polar surface area (TPSA) is 57.5 Å². The number of carboxylic acid groups (broad SMARTS) is 1. The molecule has 1 rings (SSSR count). The molecule has 1 aromatic carbocycles. The highest BCUT2D eigenvalue weighted by molar-refractivity contribution is 5.67. The summed E-state index contributed by atoms with van der Waals surface area (Å²) in [5.74, 6) is -1.15. The van der Waals surface area contributed by atoms with Gasteiger partial charge in [-0.25, -0.2) is 0 Å². The molecule has 16 heavy (non-hydrogen) atoms. The molecule has 0 saturated carbocycles. The third kappa shape index (κ3) is 3.35.